The van der Waals surface area contributed by atoms with Crippen LogP contribution in [0.2, 0.25) is 0 Å². The zero-order valence-electron chi connectivity index (χ0n) is 20.9. The molecule has 2 saturated heterocycles. The van der Waals surface area contributed by atoms with Crippen molar-refractivity contribution in [2.45, 2.75) is 51.0 Å². The molecule has 2 N–H and O–H groups in total. The van der Waals surface area contributed by atoms with Crippen LogP contribution in [0.3, 0.4) is 0 Å². The first kappa shape index (κ1) is 24.2. The Bertz CT molecular complexity index is 1240. The molecule has 3 aromatic heterocycles. The van der Waals surface area contributed by atoms with Crippen LogP contribution in [0.4, 0.5) is 21.8 Å². The molecule has 0 spiro atoms. The number of nitrogens with zero attached hydrogens (tertiary/aromatic N) is 8. The van der Waals surface area contributed by atoms with Gasteiger partial charge in [-0.2, -0.15) is 15.1 Å². The maximum absolute atomic E-state index is 14.7. The van der Waals surface area contributed by atoms with Crippen molar-refractivity contribution in [1.82, 2.24) is 39.5 Å². The van der Waals surface area contributed by atoms with Crippen LogP contribution < -0.4 is 15.5 Å². The van der Waals surface area contributed by atoms with Crippen molar-refractivity contribution in [2.75, 3.05) is 43.4 Å². The van der Waals surface area contributed by atoms with Gasteiger partial charge in [-0.1, -0.05) is 6.58 Å². The molecule has 0 radical (unpaired) electrons. The van der Waals surface area contributed by atoms with Gasteiger partial charge in [0.1, 0.15) is 6.17 Å². The number of halogens is 1. The summed E-state index contributed by atoms with van der Waals surface area (Å²) >= 11 is 0. The van der Waals surface area contributed by atoms with Gasteiger partial charge in [0.05, 0.1) is 36.8 Å². The first-order valence-electron chi connectivity index (χ1n) is 12.4. The number of hydrogen-bond acceptors (Lipinski definition) is 8. The highest BCUT2D eigenvalue weighted by molar-refractivity contribution is 5.88. The fourth-order valence-corrected chi connectivity index (χ4v) is 4.82. The standard InChI is InChI=1S/C24H33FN10O/c1-5-20(36)29-19-13-33(12-18(19)25)24-30-22(21-23(31-24)34(14-26-21)15(2)3)28-16-10-27-35(11-16)17-6-8-32(4)9-7-17/h5,10-11,14-15,17-19H,1,6-9,12-13H2,2-4H3,(H,29,36)(H,28,30,31). The molecule has 0 aromatic carbocycles. The van der Waals surface area contributed by atoms with Gasteiger partial charge in [-0.15, -0.1) is 0 Å². The maximum Gasteiger partial charge on any atom is 0.243 e. The van der Waals surface area contributed by atoms with E-state index in [0.29, 0.717) is 29.0 Å². The van der Waals surface area contributed by atoms with Crippen LogP contribution in [0.5, 0.6) is 0 Å². The highest BCUT2D eigenvalue weighted by Gasteiger charge is 2.35. The van der Waals surface area contributed by atoms with Gasteiger partial charge in [0.15, 0.2) is 17.0 Å². The van der Waals surface area contributed by atoms with Gasteiger partial charge in [-0.25, -0.2) is 9.37 Å². The largest absolute Gasteiger partial charge is 0.345 e. The van der Waals surface area contributed by atoms with Gasteiger partial charge >= 0.3 is 0 Å². The normalized spacial score (nSPS) is 21.4. The second-order valence-corrected chi connectivity index (χ2v) is 9.90. The lowest BCUT2D eigenvalue weighted by atomic mass is 10.1. The van der Waals surface area contributed by atoms with Crippen LogP contribution in [0.1, 0.15) is 38.8 Å². The number of carbonyl (C=O) groups excluding carboxylic acids is 1. The minimum absolute atomic E-state index is 0.0803. The Hall–Kier alpha value is -3.54. The molecule has 12 heteroatoms. The Morgan fingerprint density at radius 3 is 2.75 bits per heavy atom. The average Bonchev–Trinajstić information content (AvgIpc) is 3.58. The van der Waals surface area contributed by atoms with Crippen molar-refractivity contribution in [3.63, 3.8) is 0 Å². The molecule has 5 heterocycles. The second-order valence-electron chi connectivity index (χ2n) is 9.90. The van der Waals surface area contributed by atoms with E-state index < -0.39 is 18.1 Å². The maximum atomic E-state index is 14.7. The number of piperidine rings is 1. The quantitative estimate of drug-likeness (QED) is 0.480. The first-order valence-corrected chi connectivity index (χ1v) is 12.4. The van der Waals surface area contributed by atoms with E-state index in [2.05, 4.69) is 53.1 Å². The minimum atomic E-state index is -1.24. The predicted octanol–water partition coefficient (Wildman–Crippen LogP) is 2.44. The zero-order valence-corrected chi connectivity index (χ0v) is 20.9. The van der Waals surface area contributed by atoms with Gasteiger partial charge in [-0.3, -0.25) is 9.48 Å². The molecule has 36 heavy (non-hydrogen) atoms. The number of alkyl halides is 1. The summed E-state index contributed by atoms with van der Waals surface area (Å²) in [6.07, 6.45) is 7.55. The number of carbonyl (C=O) groups is 1. The average molecular weight is 497 g/mol. The number of hydrogen-bond donors (Lipinski definition) is 2. The van der Waals surface area contributed by atoms with E-state index in [4.69, 9.17) is 9.97 Å². The highest BCUT2D eigenvalue weighted by Crippen LogP contribution is 2.30. The van der Waals surface area contributed by atoms with Gasteiger partial charge in [0, 0.05) is 18.8 Å². The molecule has 0 saturated carbocycles. The van der Waals surface area contributed by atoms with E-state index in [9.17, 15) is 9.18 Å². The Balaban J connectivity index is 1.44. The van der Waals surface area contributed by atoms with E-state index in [1.807, 2.05) is 15.4 Å². The molecule has 1 amide bonds. The molecule has 2 aliphatic rings. The summed E-state index contributed by atoms with van der Waals surface area (Å²) in [5.74, 6) is 0.516. The van der Waals surface area contributed by atoms with Gasteiger partial charge < -0.3 is 25.0 Å². The molecule has 5 rings (SSSR count). The second kappa shape index (κ2) is 9.84. The molecule has 0 aliphatic carbocycles. The number of amides is 1. The molecule has 2 aliphatic heterocycles. The Morgan fingerprint density at radius 2 is 2.03 bits per heavy atom. The van der Waals surface area contributed by atoms with E-state index >= 15 is 0 Å². The lowest BCUT2D eigenvalue weighted by molar-refractivity contribution is -0.117. The monoisotopic (exact) mass is 496 g/mol. The molecule has 2 atom stereocenters. The number of imidazole rings is 1. The van der Waals surface area contributed by atoms with Gasteiger partial charge in [-0.05, 0) is 52.9 Å². The van der Waals surface area contributed by atoms with Crippen LogP contribution in [0, 0.1) is 0 Å². The lowest BCUT2D eigenvalue weighted by Gasteiger charge is -2.28. The van der Waals surface area contributed by atoms with Crippen molar-refractivity contribution < 1.29 is 9.18 Å². The Labute approximate surface area is 209 Å². The number of nitrogens with one attached hydrogen (secondary N) is 2. The number of rotatable bonds is 7. The Kier molecular flexibility index (Phi) is 6.61. The fraction of sp³-hybridized carbons (Fsp3) is 0.542. The summed E-state index contributed by atoms with van der Waals surface area (Å²) in [4.78, 5) is 29.9. The van der Waals surface area contributed by atoms with Crippen molar-refractivity contribution in [2.24, 2.45) is 0 Å². The van der Waals surface area contributed by atoms with Crippen molar-refractivity contribution in [1.29, 1.82) is 0 Å². The minimum Gasteiger partial charge on any atom is -0.345 e. The van der Waals surface area contributed by atoms with Crippen LogP contribution >= 0.6 is 0 Å². The third-order valence-corrected chi connectivity index (χ3v) is 6.94. The third kappa shape index (κ3) is 4.77. The summed E-state index contributed by atoms with van der Waals surface area (Å²) < 4.78 is 18.7. The molecular formula is C24H33FN10O. The van der Waals surface area contributed by atoms with Crippen molar-refractivity contribution in [3.8, 4) is 0 Å². The van der Waals surface area contributed by atoms with Crippen molar-refractivity contribution >= 4 is 34.5 Å². The summed E-state index contributed by atoms with van der Waals surface area (Å²) in [7, 11) is 2.14. The van der Waals surface area contributed by atoms with Crippen LogP contribution in [-0.4, -0.2) is 85.5 Å². The SMILES string of the molecule is C=CC(=O)NC1CN(c2nc(Nc3cnn(C4CCN(C)CC4)c3)c3ncn(C(C)C)c3n2)CC1F. The molecule has 3 aromatic rings. The van der Waals surface area contributed by atoms with Gasteiger partial charge in [0.2, 0.25) is 11.9 Å². The molecule has 11 nitrogen and oxygen atoms in total. The summed E-state index contributed by atoms with van der Waals surface area (Å²) in [5.41, 5.74) is 2.10. The van der Waals surface area contributed by atoms with Crippen LogP contribution in [0.15, 0.2) is 31.4 Å². The molecule has 192 valence electrons. The van der Waals surface area contributed by atoms with Crippen LogP contribution in [0.25, 0.3) is 11.2 Å². The number of anilines is 3. The number of fused-ring (bicyclic) bond motifs is 1. The summed E-state index contributed by atoms with van der Waals surface area (Å²) in [5, 5.41) is 10.6. The number of likely N-dealkylation sites (tertiary alicyclic amines) is 1. The third-order valence-electron chi connectivity index (χ3n) is 6.94. The molecule has 0 bridgehead atoms. The topological polar surface area (TPSA) is 109 Å². The predicted molar refractivity (Wildman–Crippen MR) is 136 cm³/mol. The van der Waals surface area contributed by atoms with E-state index in [0.717, 1.165) is 37.7 Å². The Morgan fingerprint density at radius 1 is 1.25 bits per heavy atom. The van der Waals surface area contributed by atoms with E-state index in [1.165, 1.54) is 0 Å². The summed E-state index contributed by atoms with van der Waals surface area (Å²) in [6.45, 7) is 9.99. The smallest absolute Gasteiger partial charge is 0.243 e. The fourth-order valence-electron chi connectivity index (χ4n) is 4.82. The lowest BCUT2D eigenvalue weighted by Crippen LogP contribution is -2.40. The van der Waals surface area contributed by atoms with Crippen molar-refractivity contribution in [3.05, 3.63) is 31.4 Å². The van der Waals surface area contributed by atoms with E-state index in [-0.39, 0.29) is 19.1 Å². The summed E-state index contributed by atoms with van der Waals surface area (Å²) in [6, 6.07) is -0.162. The molecule has 2 fully saturated rings. The molecular weight excluding hydrogens is 463 g/mol. The first-order chi connectivity index (χ1) is 17.3. The zero-order chi connectivity index (χ0) is 25.4. The number of aromatic nitrogens is 6. The van der Waals surface area contributed by atoms with E-state index in [1.54, 1.807) is 17.4 Å². The van der Waals surface area contributed by atoms with Crippen LogP contribution in [-0.2, 0) is 4.79 Å². The molecule has 2 unspecified atom stereocenters. The van der Waals surface area contributed by atoms with Gasteiger partial charge in [0.25, 0.3) is 0 Å². The highest BCUT2D eigenvalue weighted by atomic mass is 19.1.